The fourth-order valence-corrected chi connectivity index (χ4v) is 2.42. The van der Waals surface area contributed by atoms with Crippen LogP contribution in [0, 0.1) is 0 Å². The maximum Gasteiger partial charge on any atom is 0.171 e. The molecule has 0 radical (unpaired) electrons. The van der Waals surface area contributed by atoms with Gasteiger partial charge in [0.05, 0.1) is 12.2 Å². The number of pyridine rings is 1. The van der Waals surface area contributed by atoms with Gasteiger partial charge in [0.25, 0.3) is 0 Å². The Morgan fingerprint density at radius 1 is 1.45 bits per heavy atom. The molecule has 20 heavy (non-hydrogen) atoms. The molecule has 1 aliphatic heterocycles. The predicted molar refractivity (Wildman–Crippen MR) is 78.3 cm³/mol. The van der Waals surface area contributed by atoms with Gasteiger partial charge in [-0.25, -0.2) is 4.98 Å². The normalized spacial score (nSPS) is 17.8. The van der Waals surface area contributed by atoms with E-state index in [4.69, 9.17) is 9.47 Å². The van der Waals surface area contributed by atoms with Crippen molar-refractivity contribution < 1.29 is 14.6 Å². The van der Waals surface area contributed by atoms with Crippen LogP contribution in [0.15, 0.2) is 18.3 Å². The summed E-state index contributed by atoms with van der Waals surface area (Å²) in [5.74, 6) is 1.55. The van der Waals surface area contributed by atoms with E-state index in [1.165, 1.54) is 0 Å². The standard InChI is InChI=1S/C15H24N2O3/c1-3-9-20-13-5-4-8-16-14(13)17(2)12-15(18)6-10-19-11-7-15/h4-5,8,18H,3,6-7,9-12H2,1-2H3. The molecule has 1 N–H and O–H groups in total. The minimum atomic E-state index is -0.702. The van der Waals surface area contributed by atoms with Crippen LogP contribution in [0.25, 0.3) is 0 Å². The van der Waals surface area contributed by atoms with Gasteiger partial charge in [-0.2, -0.15) is 0 Å². The summed E-state index contributed by atoms with van der Waals surface area (Å²) in [6.45, 7) is 4.52. The number of likely N-dealkylation sites (N-methyl/N-ethyl adjacent to an activating group) is 1. The molecular formula is C15H24N2O3. The zero-order valence-corrected chi connectivity index (χ0v) is 12.3. The highest BCUT2D eigenvalue weighted by Crippen LogP contribution is 2.28. The summed E-state index contributed by atoms with van der Waals surface area (Å²) in [6.07, 6.45) is 4.03. The number of rotatable bonds is 6. The van der Waals surface area contributed by atoms with Crippen LogP contribution >= 0.6 is 0 Å². The summed E-state index contributed by atoms with van der Waals surface area (Å²) in [6, 6.07) is 3.79. The molecule has 1 fully saturated rings. The zero-order chi connectivity index (χ0) is 14.4. The lowest BCUT2D eigenvalue weighted by Crippen LogP contribution is -2.46. The second-order valence-electron chi connectivity index (χ2n) is 5.37. The van der Waals surface area contributed by atoms with Gasteiger partial charge in [0.1, 0.15) is 0 Å². The summed E-state index contributed by atoms with van der Waals surface area (Å²) in [7, 11) is 1.94. The average Bonchev–Trinajstić information content (AvgIpc) is 2.45. The molecular weight excluding hydrogens is 256 g/mol. The maximum atomic E-state index is 10.6. The van der Waals surface area contributed by atoms with E-state index >= 15 is 0 Å². The monoisotopic (exact) mass is 280 g/mol. The van der Waals surface area contributed by atoms with Crippen LogP contribution in [0.1, 0.15) is 26.2 Å². The van der Waals surface area contributed by atoms with Crippen LogP contribution < -0.4 is 9.64 Å². The van der Waals surface area contributed by atoms with Gasteiger partial charge < -0.3 is 19.5 Å². The van der Waals surface area contributed by atoms with E-state index in [-0.39, 0.29) is 0 Å². The number of ether oxygens (including phenoxy) is 2. The highest BCUT2D eigenvalue weighted by molar-refractivity contribution is 5.51. The van der Waals surface area contributed by atoms with Gasteiger partial charge in [0, 0.05) is 45.8 Å². The van der Waals surface area contributed by atoms with Gasteiger partial charge in [-0.05, 0) is 18.6 Å². The van der Waals surface area contributed by atoms with Crippen molar-refractivity contribution in [1.82, 2.24) is 4.98 Å². The van der Waals surface area contributed by atoms with E-state index in [9.17, 15) is 5.11 Å². The van der Waals surface area contributed by atoms with Crippen LogP contribution in [0.5, 0.6) is 5.75 Å². The highest BCUT2D eigenvalue weighted by Gasteiger charge is 2.32. The molecule has 0 aliphatic carbocycles. The Labute approximate surface area is 120 Å². The van der Waals surface area contributed by atoms with Gasteiger partial charge in [-0.15, -0.1) is 0 Å². The predicted octanol–water partition coefficient (Wildman–Crippen LogP) is 1.85. The molecule has 112 valence electrons. The molecule has 5 nitrogen and oxygen atoms in total. The molecule has 0 atom stereocenters. The van der Waals surface area contributed by atoms with E-state index < -0.39 is 5.60 Å². The molecule has 0 saturated carbocycles. The summed E-state index contributed by atoms with van der Waals surface area (Å²) >= 11 is 0. The molecule has 0 unspecified atom stereocenters. The Morgan fingerprint density at radius 2 is 2.20 bits per heavy atom. The second-order valence-corrected chi connectivity index (χ2v) is 5.37. The molecule has 0 aromatic carbocycles. The van der Waals surface area contributed by atoms with E-state index in [1.54, 1.807) is 6.20 Å². The lowest BCUT2D eigenvalue weighted by Gasteiger charge is -2.36. The number of aliphatic hydroxyl groups is 1. The van der Waals surface area contributed by atoms with Gasteiger partial charge in [0.15, 0.2) is 11.6 Å². The molecule has 1 saturated heterocycles. The largest absolute Gasteiger partial charge is 0.490 e. The van der Waals surface area contributed by atoms with Gasteiger partial charge in [-0.3, -0.25) is 0 Å². The van der Waals surface area contributed by atoms with E-state index in [0.29, 0.717) is 39.2 Å². The molecule has 0 bridgehead atoms. The van der Waals surface area contributed by atoms with Gasteiger partial charge in [-0.1, -0.05) is 6.92 Å². The SMILES string of the molecule is CCCOc1cccnc1N(C)CC1(O)CCOCC1. The van der Waals surface area contributed by atoms with Gasteiger partial charge in [0.2, 0.25) is 0 Å². The molecule has 2 rings (SSSR count). The topological polar surface area (TPSA) is 54.8 Å². The lowest BCUT2D eigenvalue weighted by atomic mass is 9.94. The van der Waals surface area contributed by atoms with Crippen molar-refractivity contribution in [3.8, 4) is 5.75 Å². The zero-order valence-electron chi connectivity index (χ0n) is 12.3. The van der Waals surface area contributed by atoms with E-state index in [0.717, 1.165) is 18.0 Å². The van der Waals surface area contributed by atoms with E-state index in [2.05, 4.69) is 11.9 Å². The fraction of sp³-hybridized carbons (Fsp3) is 0.667. The summed E-state index contributed by atoms with van der Waals surface area (Å²) in [4.78, 5) is 6.36. The Kier molecular flexibility index (Phi) is 5.20. The average molecular weight is 280 g/mol. The quantitative estimate of drug-likeness (QED) is 0.862. The molecule has 1 aliphatic rings. The number of hydrogen-bond donors (Lipinski definition) is 1. The second kappa shape index (κ2) is 6.90. The molecule has 1 aromatic rings. The molecule has 1 aromatic heterocycles. The summed E-state index contributed by atoms with van der Waals surface area (Å²) < 4.78 is 11.0. The van der Waals surface area contributed by atoms with Crippen LogP contribution in [0.3, 0.4) is 0 Å². The molecule has 5 heteroatoms. The lowest BCUT2D eigenvalue weighted by molar-refractivity contribution is -0.0573. The first-order valence-corrected chi connectivity index (χ1v) is 7.24. The first-order chi connectivity index (χ1) is 9.64. The fourth-order valence-electron chi connectivity index (χ4n) is 2.42. The third kappa shape index (κ3) is 3.84. The number of hydrogen-bond acceptors (Lipinski definition) is 5. The number of anilines is 1. The summed E-state index contributed by atoms with van der Waals surface area (Å²) in [5, 5.41) is 10.6. The van der Waals surface area contributed by atoms with Gasteiger partial charge >= 0.3 is 0 Å². The Morgan fingerprint density at radius 3 is 2.90 bits per heavy atom. The Balaban J connectivity index is 2.06. The first kappa shape index (κ1) is 15.1. The van der Waals surface area contributed by atoms with Crippen molar-refractivity contribution in [3.63, 3.8) is 0 Å². The van der Waals surface area contributed by atoms with Crippen molar-refractivity contribution in [2.24, 2.45) is 0 Å². The molecule has 0 spiro atoms. The molecule has 0 amide bonds. The first-order valence-electron chi connectivity index (χ1n) is 7.24. The Hall–Kier alpha value is -1.33. The Bertz CT molecular complexity index is 419. The number of nitrogens with zero attached hydrogens (tertiary/aromatic N) is 2. The molecule has 2 heterocycles. The van der Waals surface area contributed by atoms with Crippen molar-refractivity contribution in [2.75, 3.05) is 38.3 Å². The van der Waals surface area contributed by atoms with Crippen LogP contribution in [0.2, 0.25) is 0 Å². The van der Waals surface area contributed by atoms with Crippen LogP contribution in [0.4, 0.5) is 5.82 Å². The smallest absolute Gasteiger partial charge is 0.171 e. The van der Waals surface area contributed by atoms with Crippen molar-refractivity contribution in [3.05, 3.63) is 18.3 Å². The third-order valence-electron chi connectivity index (χ3n) is 3.53. The number of aromatic nitrogens is 1. The third-order valence-corrected chi connectivity index (χ3v) is 3.53. The maximum absolute atomic E-state index is 10.6. The minimum Gasteiger partial charge on any atom is -0.490 e. The van der Waals surface area contributed by atoms with Crippen molar-refractivity contribution >= 4 is 5.82 Å². The van der Waals surface area contributed by atoms with Crippen LogP contribution in [-0.2, 0) is 4.74 Å². The summed E-state index contributed by atoms with van der Waals surface area (Å²) in [5.41, 5.74) is -0.702. The minimum absolute atomic E-state index is 0.538. The van der Waals surface area contributed by atoms with Crippen LogP contribution in [-0.4, -0.2) is 49.1 Å². The van der Waals surface area contributed by atoms with E-state index in [1.807, 2.05) is 24.1 Å². The highest BCUT2D eigenvalue weighted by atomic mass is 16.5. The van der Waals surface area contributed by atoms with Crippen molar-refractivity contribution in [2.45, 2.75) is 31.8 Å². The van der Waals surface area contributed by atoms with Crippen molar-refractivity contribution in [1.29, 1.82) is 0 Å².